The number of nitrogen functional groups attached to an aromatic ring is 1. The molecule has 2 rings (SSSR count). The van der Waals surface area contributed by atoms with Crippen LogP contribution in [-0.4, -0.2) is 35.7 Å². The first kappa shape index (κ1) is 14.9. The van der Waals surface area contributed by atoms with Gasteiger partial charge in [0.05, 0.1) is 5.56 Å². The fourth-order valence-corrected chi connectivity index (χ4v) is 2.04. The Balaban J connectivity index is 2.17. The quantitative estimate of drug-likeness (QED) is 0.611. The number of nitrogens with one attached hydrogen (secondary N) is 1. The van der Waals surface area contributed by atoms with Crippen LogP contribution in [0.4, 0.5) is 14.5 Å². The third-order valence-electron chi connectivity index (χ3n) is 3.29. The Bertz CT molecular complexity index is 633. The Morgan fingerprint density at radius 2 is 1.95 bits per heavy atom. The van der Waals surface area contributed by atoms with Gasteiger partial charge >= 0.3 is 0 Å². The highest BCUT2D eigenvalue weighted by molar-refractivity contribution is 6.05. The number of hydrogen-bond acceptors (Lipinski definition) is 4. The van der Waals surface area contributed by atoms with E-state index in [-0.39, 0.29) is 30.0 Å². The van der Waals surface area contributed by atoms with Crippen molar-refractivity contribution in [2.45, 2.75) is 18.9 Å². The molecule has 3 amide bonds. The van der Waals surface area contributed by atoms with Crippen molar-refractivity contribution >= 4 is 23.4 Å². The third-order valence-corrected chi connectivity index (χ3v) is 3.29. The molecular formula is C13H13F2N3O3. The number of anilines is 1. The maximum Gasteiger partial charge on any atom is 0.254 e. The van der Waals surface area contributed by atoms with Crippen molar-refractivity contribution in [2.75, 3.05) is 12.8 Å². The average Bonchev–Trinajstić information content (AvgIpc) is 2.43. The van der Waals surface area contributed by atoms with Crippen molar-refractivity contribution in [3.63, 3.8) is 0 Å². The molecule has 6 nitrogen and oxygen atoms in total. The molecule has 1 unspecified atom stereocenters. The summed E-state index contributed by atoms with van der Waals surface area (Å²) in [6, 6.07) is 0.470. The summed E-state index contributed by atoms with van der Waals surface area (Å²) in [6.45, 7) is 0. The van der Waals surface area contributed by atoms with Gasteiger partial charge in [-0.3, -0.25) is 19.3 Å². The molecule has 112 valence electrons. The van der Waals surface area contributed by atoms with E-state index in [0.717, 1.165) is 4.90 Å². The summed E-state index contributed by atoms with van der Waals surface area (Å²) in [6.07, 6.45) is 0.262. The van der Waals surface area contributed by atoms with E-state index in [0.29, 0.717) is 12.1 Å². The van der Waals surface area contributed by atoms with Gasteiger partial charge in [-0.15, -0.1) is 0 Å². The van der Waals surface area contributed by atoms with E-state index in [4.69, 9.17) is 5.73 Å². The number of nitrogens with zero attached hydrogens (tertiary/aromatic N) is 1. The molecule has 1 saturated heterocycles. The van der Waals surface area contributed by atoms with Crippen LogP contribution in [0.3, 0.4) is 0 Å². The highest BCUT2D eigenvalue weighted by Gasteiger charge is 2.33. The first-order chi connectivity index (χ1) is 9.81. The predicted octanol–water partition coefficient (Wildman–Crippen LogP) is 0.424. The lowest BCUT2D eigenvalue weighted by Crippen LogP contribution is -2.53. The summed E-state index contributed by atoms with van der Waals surface area (Å²) >= 11 is 0. The number of rotatable bonds is 2. The van der Waals surface area contributed by atoms with Crippen LogP contribution in [0.2, 0.25) is 0 Å². The fourth-order valence-electron chi connectivity index (χ4n) is 2.04. The summed E-state index contributed by atoms with van der Waals surface area (Å²) in [5.74, 6) is -4.06. The lowest BCUT2D eigenvalue weighted by molar-refractivity contribution is -0.147. The van der Waals surface area contributed by atoms with Gasteiger partial charge in [-0.25, -0.2) is 8.78 Å². The van der Waals surface area contributed by atoms with Gasteiger partial charge in [0, 0.05) is 25.2 Å². The molecule has 1 atom stereocenters. The molecule has 1 aliphatic heterocycles. The van der Waals surface area contributed by atoms with Crippen molar-refractivity contribution in [1.29, 1.82) is 0 Å². The number of likely N-dealkylation sites (N-methyl/N-ethyl adjacent to an activating group) is 1. The Hall–Kier alpha value is -2.51. The van der Waals surface area contributed by atoms with Gasteiger partial charge in [0.25, 0.3) is 11.8 Å². The second-order valence-corrected chi connectivity index (χ2v) is 4.71. The minimum Gasteiger partial charge on any atom is -0.398 e. The lowest BCUT2D eigenvalue weighted by atomic mass is 10.0. The molecule has 21 heavy (non-hydrogen) atoms. The Morgan fingerprint density at radius 3 is 2.62 bits per heavy atom. The summed E-state index contributed by atoms with van der Waals surface area (Å²) < 4.78 is 26.1. The standard InChI is InChI=1S/C13H13F2N3O3/c1-18-11(19)3-2-10(13(18)21)17-12(20)6-4-7(14)8(15)5-9(6)16/h4-5,10H,2-3,16H2,1H3,(H,17,20). The van der Waals surface area contributed by atoms with E-state index in [1.165, 1.54) is 7.05 Å². The molecule has 1 heterocycles. The summed E-state index contributed by atoms with van der Waals surface area (Å²) in [4.78, 5) is 36.1. The van der Waals surface area contributed by atoms with E-state index in [2.05, 4.69) is 5.32 Å². The normalized spacial score (nSPS) is 18.8. The van der Waals surface area contributed by atoms with Crippen molar-refractivity contribution in [3.8, 4) is 0 Å². The van der Waals surface area contributed by atoms with Crippen molar-refractivity contribution in [1.82, 2.24) is 10.2 Å². The monoisotopic (exact) mass is 297 g/mol. The molecule has 1 aromatic rings. The summed E-state index contributed by atoms with van der Waals surface area (Å²) in [5.41, 5.74) is 4.96. The number of piperidine rings is 1. The zero-order valence-corrected chi connectivity index (χ0v) is 11.2. The van der Waals surface area contributed by atoms with Crippen LogP contribution < -0.4 is 11.1 Å². The van der Waals surface area contributed by atoms with E-state index >= 15 is 0 Å². The van der Waals surface area contributed by atoms with E-state index in [9.17, 15) is 23.2 Å². The molecular weight excluding hydrogens is 284 g/mol. The van der Waals surface area contributed by atoms with Gasteiger partial charge in [-0.2, -0.15) is 0 Å². The molecule has 0 saturated carbocycles. The summed E-state index contributed by atoms with van der Waals surface area (Å²) in [5, 5.41) is 2.37. The number of halogens is 2. The van der Waals surface area contributed by atoms with Crippen LogP contribution >= 0.6 is 0 Å². The van der Waals surface area contributed by atoms with Crippen LogP contribution in [0.15, 0.2) is 12.1 Å². The van der Waals surface area contributed by atoms with Crippen molar-refractivity contribution in [2.24, 2.45) is 0 Å². The van der Waals surface area contributed by atoms with Crippen LogP contribution in [-0.2, 0) is 9.59 Å². The first-order valence-corrected chi connectivity index (χ1v) is 6.17. The van der Waals surface area contributed by atoms with Gasteiger partial charge in [0.2, 0.25) is 5.91 Å². The number of amides is 3. The molecule has 3 N–H and O–H groups in total. The van der Waals surface area contributed by atoms with Crippen LogP contribution in [0, 0.1) is 11.6 Å². The number of likely N-dealkylation sites (tertiary alicyclic amines) is 1. The number of benzene rings is 1. The van der Waals surface area contributed by atoms with Crippen LogP contribution in [0.1, 0.15) is 23.2 Å². The third kappa shape index (κ3) is 2.83. The maximum absolute atomic E-state index is 13.2. The molecule has 0 spiro atoms. The smallest absolute Gasteiger partial charge is 0.254 e. The maximum atomic E-state index is 13.2. The minimum atomic E-state index is -1.21. The first-order valence-electron chi connectivity index (χ1n) is 6.17. The van der Waals surface area contributed by atoms with Gasteiger partial charge in [-0.1, -0.05) is 0 Å². The zero-order chi connectivity index (χ0) is 15.7. The molecule has 8 heteroatoms. The van der Waals surface area contributed by atoms with Crippen molar-refractivity contribution < 1.29 is 23.2 Å². The van der Waals surface area contributed by atoms with Crippen LogP contribution in [0.5, 0.6) is 0 Å². The number of hydrogen-bond donors (Lipinski definition) is 2. The number of carbonyl (C=O) groups is 3. The second-order valence-electron chi connectivity index (χ2n) is 4.71. The predicted molar refractivity (Wildman–Crippen MR) is 69.0 cm³/mol. The minimum absolute atomic E-state index is 0.112. The largest absolute Gasteiger partial charge is 0.398 e. The van der Waals surface area contributed by atoms with Gasteiger partial charge in [0.15, 0.2) is 11.6 Å². The lowest BCUT2D eigenvalue weighted by Gasteiger charge is -2.28. The van der Waals surface area contributed by atoms with Gasteiger partial charge < -0.3 is 11.1 Å². The molecule has 0 aromatic heterocycles. The SMILES string of the molecule is CN1C(=O)CCC(NC(=O)c2cc(F)c(F)cc2N)C1=O. The Kier molecular flexibility index (Phi) is 3.88. The molecule has 0 bridgehead atoms. The molecule has 1 aliphatic rings. The van der Waals surface area contributed by atoms with Crippen LogP contribution in [0.25, 0.3) is 0 Å². The van der Waals surface area contributed by atoms with E-state index in [1.807, 2.05) is 0 Å². The average molecular weight is 297 g/mol. The number of nitrogens with two attached hydrogens (primary N) is 1. The van der Waals surface area contributed by atoms with E-state index in [1.54, 1.807) is 0 Å². The summed E-state index contributed by atoms with van der Waals surface area (Å²) in [7, 11) is 1.31. The number of imide groups is 1. The van der Waals surface area contributed by atoms with Crippen molar-refractivity contribution in [3.05, 3.63) is 29.3 Å². The topological polar surface area (TPSA) is 92.5 Å². The molecule has 0 radical (unpaired) electrons. The number of carbonyl (C=O) groups excluding carboxylic acids is 3. The molecule has 1 aromatic carbocycles. The van der Waals surface area contributed by atoms with E-state index < -0.39 is 29.5 Å². The molecule has 1 fully saturated rings. The second kappa shape index (κ2) is 5.47. The highest BCUT2D eigenvalue weighted by atomic mass is 19.2. The zero-order valence-electron chi connectivity index (χ0n) is 11.2. The fraction of sp³-hybridized carbons (Fsp3) is 0.308. The Labute approximate surface area is 118 Å². The Morgan fingerprint density at radius 1 is 1.33 bits per heavy atom. The molecule has 0 aliphatic carbocycles. The van der Waals surface area contributed by atoms with Gasteiger partial charge in [0.1, 0.15) is 6.04 Å². The highest BCUT2D eigenvalue weighted by Crippen LogP contribution is 2.18. The van der Waals surface area contributed by atoms with Gasteiger partial charge in [-0.05, 0) is 12.5 Å².